The van der Waals surface area contributed by atoms with Crippen LogP contribution in [0.2, 0.25) is 5.02 Å². The van der Waals surface area contributed by atoms with E-state index in [9.17, 15) is 4.79 Å². The van der Waals surface area contributed by atoms with E-state index in [4.69, 9.17) is 16.3 Å². The molecule has 80 valence electrons. The largest absolute Gasteiger partial charge is 0.378 e. The third-order valence-electron chi connectivity index (χ3n) is 2.48. The topological polar surface area (TPSA) is 38.3 Å². The molecule has 0 saturated carbocycles. The van der Waals surface area contributed by atoms with Crippen molar-refractivity contribution in [3.8, 4) is 0 Å². The quantitative estimate of drug-likeness (QED) is 0.781. The molecule has 15 heavy (non-hydrogen) atoms. The molecule has 3 nitrogen and oxygen atoms in total. The number of nitrogens with one attached hydrogen (secondary N) is 1. The Labute approximate surface area is 93.4 Å². The molecule has 0 bridgehead atoms. The molecule has 0 spiro atoms. The second-order valence-corrected chi connectivity index (χ2v) is 3.85. The van der Waals surface area contributed by atoms with E-state index in [0.717, 1.165) is 18.4 Å². The van der Waals surface area contributed by atoms with Crippen molar-refractivity contribution >= 4 is 17.9 Å². The lowest BCUT2D eigenvalue weighted by Gasteiger charge is -2.25. The fraction of sp³-hybridized carbons (Fsp3) is 0.364. The molecule has 1 N–H and O–H groups in total. The number of hydrogen-bond acceptors (Lipinski definition) is 3. The molecule has 2 rings (SSSR count). The normalized spacial score (nSPS) is 21.3. The van der Waals surface area contributed by atoms with Crippen molar-refractivity contribution in [1.82, 2.24) is 5.32 Å². The van der Waals surface area contributed by atoms with Gasteiger partial charge in [-0.1, -0.05) is 23.7 Å². The van der Waals surface area contributed by atoms with Gasteiger partial charge in [-0.15, -0.1) is 0 Å². The van der Waals surface area contributed by atoms with Crippen LogP contribution in [0.4, 0.5) is 0 Å². The predicted molar refractivity (Wildman–Crippen MR) is 58.4 cm³/mol. The molecule has 1 fully saturated rings. The number of hydrogen-bond donors (Lipinski definition) is 1. The van der Waals surface area contributed by atoms with Crippen LogP contribution >= 0.6 is 11.6 Å². The molecule has 1 aliphatic rings. The molecule has 1 aliphatic heterocycles. The molecule has 1 heterocycles. The third kappa shape index (κ3) is 2.20. The maximum absolute atomic E-state index is 10.9. The van der Waals surface area contributed by atoms with Crippen LogP contribution in [0.5, 0.6) is 0 Å². The Bertz CT molecular complexity index is 362. The molecule has 1 unspecified atom stereocenters. The Morgan fingerprint density at radius 3 is 3.07 bits per heavy atom. The van der Waals surface area contributed by atoms with Gasteiger partial charge in [-0.2, -0.15) is 0 Å². The standard InChI is InChI=1S/C11H12ClNO2/c12-9-3-1-2-8(6-14)11(9)10-7-15-5-4-13-10/h1-3,6,10,13H,4-5,7H2. The van der Waals surface area contributed by atoms with E-state index in [1.54, 1.807) is 18.2 Å². The molecule has 1 atom stereocenters. The van der Waals surface area contributed by atoms with Crippen LogP contribution in [0.3, 0.4) is 0 Å². The van der Waals surface area contributed by atoms with E-state index in [1.807, 2.05) is 0 Å². The molecule has 0 radical (unpaired) electrons. The van der Waals surface area contributed by atoms with Crippen LogP contribution in [0.15, 0.2) is 18.2 Å². The van der Waals surface area contributed by atoms with Gasteiger partial charge in [0.1, 0.15) is 6.29 Å². The Morgan fingerprint density at radius 1 is 1.53 bits per heavy atom. The number of rotatable bonds is 2. The SMILES string of the molecule is O=Cc1cccc(Cl)c1C1COCCN1. The first-order chi connectivity index (χ1) is 7.33. The molecular weight excluding hydrogens is 214 g/mol. The number of ether oxygens (including phenoxy) is 1. The van der Waals surface area contributed by atoms with E-state index in [0.29, 0.717) is 23.8 Å². The summed E-state index contributed by atoms with van der Waals surface area (Å²) in [5.41, 5.74) is 1.47. The average Bonchev–Trinajstić information content (AvgIpc) is 2.29. The summed E-state index contributed by atoms with van der Waals surface area (Å²) in [4.78, 5) is 10.9. The molecule has 1 saturated heterocycles. The van der Waals surface area contributed by atoms with Crippen molar-refractivity contribution in [3.05, 3.63) is 34.3 Å². The smallest absolute Gasteiger partial charge is 0.150 e. The van der Waals surface area contributed by atoms with Crippen LogP contribution in [0.1, 0.15) is 22.0 Å². The molecule has 0 aliphatic carbocycles. The zero-order chi connectivity index (χ0) is 10.7. The lowest BCUT2D eigenvalue weighted by molar-refractivity contribution is 0.0765. The summed E-state index contributed by atoms with van der Waals surface area (Å²) in [6.07, 6.45) is 0.831. The van der Waals surface area contributed by atoms with Gasteiger partial charge in [0, 0.05) is 22.7 Å². The molecule has 1 aromatic carbocycles. The summed E-state index contributed by atoms with van der Waals surface area (Å²) in [6, 6.07) is 5.36. The zero-order valence-electron chi connectivity index (χ0n) is 8.20. The van der Waals surface area contributed by atoms with Gasteiger partial charge in [0.15, 0.2) is 0 Å². The second-order valence-electron chi connectivity index (χ2n) is 3.44. The van der Waals surface area contributed by atoms with Gasteiger partial charge >= 0.3 is 0 Å². The van der Waals surface area contributed by atoms with Gasteiger partial charge in [-0.25, -0.2) is 0 Å². The predicted octanol–water partition coefficient (Wildman–Crippen LogP) is 1.81. The average molecular weight is 226 g/mol. The number of carbonyl (C=O) groups excluding carboxylic acids is 1. The summed E-state index contributed by atoms with van der Waals surface area (Å²) in [7, 11) is 0. The minimum atomic E-state index is 0.0210. The summed E-state index contributed by atoms with van der Waals surface area (Å²) >= 11 is 6.09. The lowest BCUT2D eigenvalue weighted by atomic mass is 10.0. The first-order valence-corrected chi connectivity index (χ1v) is 5.25. The Hall–Kier alpha value is -0.900. The maximum atomic E-state index is 10.9. The number of morpholine rings is 1. The zero-order valence-corrected chi connectivity index (χ0v) is 8.96. The Morgan fingerprint density at radius 2 is 2.40 bits per heavy atom. The highest BCUT2D eigenvalue weighted by atomic mass is 35.5. The van der Waals surface area contributed by atoms with E-state index in [-0.39, 0.29) is 6.04 Å². The van der Waals surface area contributed by atoms with E-state index in [1.165, 1.54) is 0 Å². The van der Waals surface area contributed by atoms with Crippen molar-refractivity contribution in [2.45, 2.75) is 6.04 Å². The minimum Gasteiger partial charge on any atom is -0.378 e. The highest BCUT2D eigenvalue weighted by molar-refractivity contribution is 6.31. The molecule has 0 aromatic heterocycles. The minimum absolute atomic E-state index is 0.0210. The first-order valence-electron chi connectivity index (χ1n) is 4.87. The van der Waals surface area contributed by atoms with Crippen LogP contribution in [0.25, 0.3) is 0 Å². The highest BCUT2D eigenvalue weighted by Crippen LogP contribution is 2.27. The maximum Gasteiger partial charge on any atom is 0.150 e. The van der Waals surface area contributed by atoms with Gasteiger partial charge in [0.05, 0.1) is 19.3 Å². The van der Waals surface area contributed by atoms with Crippen molar-refractivity contribution in [3.63, 3.8) is 0 Å². The van der Waals surface area contributed by atoms with Crippen molar-refractivity contribution < 1.29 is 9.53 Å². The summed E-state index contributed by atoms with van der Waals surface area (Å²) in [6.45, 7) is 2.05. The fourth-order valence-electron chi connectivity index (χ4n) is 1.77. The molecule has 4 heteroatoms. The number of halogens is 1. The van der Waals surface area contributed by atoms with Gasteiger partial charge in [-0.05, 0) is 6.07 Å². The van der Waals surface area contributed by atoms with E-state index >= 15 is 0 Å². The number of aldehydes is 1. The molecule has 1 aromatic rings. The lowest BCUT2D eigenvalue weighted by Crippen LogP contribution is -2.35. The van der Waals surface area contributed by atoms with Crippen LogP contribution in [-0.2, 0) is 4.74 Å². The summed E-state index contributed by atoms with van der Waals surface area (Å²) in [5, 5.41) is 3.90. The number of carbonyl (C=O) groups is 1. The van der Waals surface area contributed by atoms with E-state index < -0.39 is 0 Å². The second kappa shape index (κ2) is 4.75. The fourth-order valence-corrected chi connectivity index (χ4v) is 2.09. The van der Waals surface area contributed by atoms with Gasteiger partial charge in [0.2, 0.25) is 0 Å². The van der Waals surface area contributed by atoms with Crippen LogP contribution in [-0.4, -0.2) is 26.0 Å². The highest BCUT2D eigenvalue weighted by Gasteiger charge is 2.20. The Balaban J connectivity index is 2.35. The van der Waals surface area contributed by atoms with Crippen molar-refractivity contribution in [2.24, 2.45) is 0 Å². The summed E-state index contributed by atoms with van der Waals surface area (Å²) in [5.74, 6) is 0. The molecular formula is C11H12ClNO2. The number of benzene rings is 1. The third-order valence-corrected chi connectivity index (χ3v) is 2.81. The van der Waals surface area contributed by atoms with Crippen molar-refractivity contribution in [2.75, 3.05) is 19.8 Å². The van der Waals surface area contributed by atoms with Crippen LogP contribution in [0, 0.1) is 0 Å². The van der Waals surface area contributed by atoms with Gasteiger partial charge in [0.25, 0.3) is 0 Å². The van der Waals surface area contributed by atoms with Gasteiger partial charge in [-0.3, -0.25) is 4.79 Å². The van der Waals surface area contributed by atoms with Gasteiger partial charge < -0.3 is 10.1 Å². The van der Waals surface area contributed by atoms with E-state index in [2.05, 4.69) is 5.32 Å². The van der Waals surface area contributed by atoms with Crippen molar-refractivity contribution in [1.29, 1.82) is 0 Å². The Kier molecular flexibility index (Phi) is 3.36. The monoisotopic (exact) mass is 225 g/mol. The summed E-state index contributed by atoms with van der Waals surface area (Å²) < 4.78 is 5.35. The first kappa shape index (κ1) is 10.6. The van der Waals surface area contributed by atoms with Crippen LogP contribution < -0.4 is 5.32 Å². The molecule has 0 amide bonds.